The average molecular weight is 479 g/mol. The van der Waals surface area contributed by atoms with Crippen LogP contribution in [0.4, 0.5) is 0 Å². The third-order valence-electron chi connectivity index (χ3n) is 6.51. The Morgan fingerprint density at radius 3 is 2.33 bits per heavy atom. The highest BCUT2D eigenvalue weighted by Crippen LogP contribution is 2.20. The van der Waals surface area contributed by atoms with Crippen molar-refractivity contribution in [2.75, 3.05) is 39.3 Å². The summed E-state index contributed by atoms with van der Waals surface area (Å²) in [4.78, 5) is 19.3. The number of hydrogen-bond acceptors (Lipinski definition) is 6. The van der Waals surface area contributed by atoms with E-state index < -0.39 is 10.2 Å². The van der Waals surface area contributed by atoms with E-state index in [1.807, 2.05) is 45.2 Å². The van der Waals surface area contributed by atoms with Gasteiger partial charge in [-0.3, -0.25) is 4.79 Å². The van der Waals surface area contributed by atoms with Crippen LogP contribution in [0.5, 0.6) is 0 Å². The highest BCUT2D eigenvalue weighted by Gasteiger charge is 2.37. The van der Waals surface area contributed by atoms with Crippen molar-refractivity contribution in [1.29, 1.82) is 0 Å². The van der Waals surface area contributed by atoms with Crippen LogP contribution in [0, 0.1) is 20.8 Å². The van der Waals surface area contributed by atoms with Gasteiger partial charge in [0.15, 0.2) is 5.65 Å². The summed E-state index contributed by atoms with van der Waals surface area (Å²) < 4.78 is 36.7. The van der Waals surface area contributed by atoms with Gasteiger partial charge in [-0.2, -0.15) is 22.1 Å². The molecule has 0 aromatic carbocycles. The molecule has 2 aliphatic rings. The summed E-state index contributed by atoms with van der Waals surface area (Å²) in [5, 5.41) is 4.50. The summed E-state index contributed by atoms with van der Waals surface area (Å²) >= 11 is 0. The van der Waals surface area contributed by atoms with Gasteiger partial charge < -0.3 is 9.64 Å². The van der Waals surface area contributed by atoms with Gasteiger partial charge in [0, 0.05) is 63.1 Å². The molecule has 0 spiro atoms. The first-order valence-electron chi connectivity index (χ1n) is 11.6. The van der Waals surface area contributed by atoms with Crippen LogP contribution in [-0.4, -0.2) is 93.9 Å². The van der Waals surface area contributed by atoms with Gasteiger partial charge >= 0.3 is 0 Å². The molecule has 182 valence electrons. The Morgan fingerprint density at radius 1 is 1.06 bits per heavy atom. The fourth-order valence-electron chi connectivity index (χ4n) is 4.84. The second-order valence-electron chi connectivity index (χ2n) is 9.18. The Hall–Kier alpha value is -2.08. The molecule has 4 heterocycles. The van der Waals surface area contributed by atoms with E-state index in [4.69, 9.17) is 4.74 Å². The van der Waals surface area contributed by atoms with Gasteiger partial charge in [-0.15, -0.1) is 0 Å². The second-order valence-corrected chi connectivity index (χ2v) is 11.1. The van der Waals surface area contributed by atoms with E-state index in [1.54, 1.807) is 4.90 Å². The summed E-state index contributed by atoms with van der Waals surface area (Å²) in [6.07, 6.45) is 0.691. The van der Waals surface area contributed by atoms with Gasteiger partial charge in [0.05, 0.1) is 17.9 Å². The van der Waals surface area contributed by atoms with Gasteiger partial charge in [0.1, 0.15) is 0 Å². The van der Waals surface area contributed by atoms with Crippen LogP contribution in [0.3, 0.4) is 0 Å². The molecule has 0 N–H and O–H groups in total. The van der Waals surface area contributed by atoms with E-state index in [9.17, 15) is 13.2 Å². The first-order valence-corrected chi connectivity index (χ1v) is 13.0. The molecule has 0 saturated carbocycles. The molecule has 10 nitrogen and oxygen atoms in total. The van der Waals surface area contributed by atoms with Gasteiger partial charge in [0.25, 0.3) is 10.2 Å². The molecular weight excluding hydrogens is 444 g/mol. The Morgan fingerprint density at radius 2 is 1.70 bits per heavy atom. The van der Waals surface area contributed by atoms with E-state index in [2.05, 4.69) is 10.1 Å². The molecule has 0 aliphatic carbocycles. The Kier molecular flexibility index (Phi) is 6.77. The SMILES string of the molecule is Cc1cc2nc(C)c(CCC(=O)N3CCN(S(=O)(=O)N4CC(C)OC(C)C4)CC3)c(C)n2n1. The summed E-state index contributed by atoms with van der Waals surface area (Å²) in [6, 6.07) is 1.95. The van der Waals surface area contributed by atoms with E-state index in [-0.39, 0.29) is 18.1 Å². The predicted octanol–water partition coefficient (Wildman–Crippen LogP) is 1.09. The number of carbonyl (C=O) groups excluding carboxylic acids is 1. The number of aromatic nitrogens is 3. The van der Waals surface area contributed by atoms with Crippen molar-refractivity contribution < 1.29 is 17.9 Å². The largest absolute Gasteiger partial charge is 0.373 e. The molecule has 11 heteroatoms. The smallest absolute Gasteiger partial charge is 0.282 e. The molecule has 33 heavy (non-hydrogen) atoms. The lowest BCUT2D eigenvalue weighted by Crippen LogP contribution is -2.57. The number of fused-ring (bicyclic) bond motifs is 1. The van der Waals surface area contributed by atoms with Crippen LogP contribution in [0.25, 0.3) is 5.65 Å². The topological polar surface area (TPSA) is 100 Å². The maximum atomic E-state index is 13.1. The summed E-state index contributed by atoms with van der Waals surface area (Å²) in [6.45, 7) is 11.8. The van der Waals surface area contributed by atoms with Gasteiger partial charge in [-0.1, -0.05) is 0 Å². The van der Waals surface area contributed by atoms with E-state index >= 15 is 0 Å². The van der Waals surface area contributed by atoms with Crippen molar-refractivity contribution in [2.45, 2.75) is 59.7 Å². The predicted molar refractivity (Wildman–Crippen MR) is 124 cm³/mol. The third-order valence-corrected chi connectivity index (χ3v) is 8.47. The van der Waals surface area contributed by atoms with E-state index in [0.29, 0.717) is 52.1 Å². The lowest BCUT2D eigenvalue weighted by Gasteiger charge is -2.40. The van der Waals surface area contributed by atoms with Crippen molar-refractivity contribution in [2.24, 2.45) is 0 Å². The maximum Gasteiger partial charge on any atom is 0.282 e. The van der Waals surface area contributed by atoms with Gasteiger partial charge in [-0.05, 0) is 46.6 Å². The first kappa shape index (κ1) is 24.1. The fourth-order valence-corrected chi connectivity index (χ4v) is 6.59. The quantitative estimate of drug-likeness (QED) is 0.638. The van der Waals surface area contributed by atoms with Crippen LogP contribution in [-0.2, 0) is 26.2 Å². The van der Waals surface area contributed by atoms with Crippen LogP contribution in [0.1, 0.15) is 42.9 Å². The number of hydrogen-bond donors (Lipinski definition) is 0. The van der Waals surface area contributed by atoms with Crippen LogP contribution in [0.2, 0.25) is 0 Å². The van der Waals surface area contributed by atoms with Crippen molar-refractivity contribution >= 4 is 21.8 Å². The standard InChI is InChI=1S/C22H34N6O4S/c1-15-12-21-23-18(4)20(19(5)28(21)24-15)6-7-22(29)25-8-10-26(11-9-25)33(30,31)27-13-16(2)32-17(3)14-27/h12,16-17H,6-11,13-14H2,1-5H3. The van der Waals surface area contributed by atoms with Crippen molar-refractivity contribution in [3.8, 4) is 0 Å². The van der Waals surface area contributed by atoms with E-state index in [1.165, 1.54) is 8.61 Å². The normalized spacial score (nSPS) is 23.4. The zero-order valence-electron chi connectivity index (χ0n) is 20.1. The van der Waals surface area contributed by atoms with Crippen LogP contribution < -0.4 is 0 Å². The van der Waals surface area contributed by atoms with Gasteiger partial charge in [0.2, 0.25) is 5.91 Å². The molecule has 4 rings (SSSR count). The number of aryl methyl sites for hydroxylation is 3. The van der Waals surface area contributed by atoms with Gasteiger partial charge in [-0.25, -0.2) is 9.50 Å². The number of nitrogens with zero attached hydrogens (tertiary/aromatic N) is 6. The molecule has 2 aromatic rings. The summed E-state index contributed by atoms with van der Waals surface area (Å²) in [5.41, 5.74) is 4.68. The maximum absolute atomic E-state index is 13.1. The molecule has 2 aliphatic heterocycles. The first-order chi connectivity index (χ1) is 15.6. The fraction of sp³-hybridized carbons (Fsp3) is 0.682. The van der Waals surface area contributed by atoms with Crippen molar-refractivity contribution in [3.05, 3.63) is 28.7 Å². The zero-order chi connectivity index (χ0) is 23.9. The molecule has 2 saturated heterocycles. The lowest BCUT2D eigenvalue weighted by atomic mass is 10.1. The van der Waals surface area contributed by atoms with Crippen LogP contribution >= 0.6 is 0 Å². The Bertz CT molecular complexity index is 1130. The number of ether oxygens (including phenoxy) is 1. The number of rotatable bonds is 5. The molecule has 2 unspecified atom stereocenters. The molecule has 2 aromatic heterocycles. The Balaban J connectivity index is 1.35. The number of carbonyl (C=O) groups is 1. The highest BCUT2D eigenvalue weighted by molar-refractivity contribution is 7.86. The lowest BCUT2D eigenvalue weighted by molar-refractivity contribution is -0.132. The molecule has 2 fully saturated rings. The zero-order valence-corrected chi connectivity index (χ0v) is 20.9. The summed E-state index contributed by atoms with van der Waals surface area (Å²) in [5.74, 6) is 0.0382. The highest BCUT2D eigenvalue weighted by atomic mass is 32.2. The van der Waals surface area contributed by atoms with Crippen molar-refractivity contribution in [1.82, 2.24) is 28.1 Å². The minimum absolute atomic E-state index is 0.0382. The average Bonchev–Trinajstić information content (AvgIpc) is 3.13. The number of amides is 1. The van der Waals surface area contributed by atoms with Crippen molar-refractivity contribution in [3.63, 3.8) is 0 Å². The monoisotopic (exact) mass is 478 g/mol. The van der Waals surface area contributed by atoms with Crippen LogP contribution in [0.15, 0.2) is 6.07 Å². The second kappa shape index (κ2) is 9.28. The third kappa shape index (κ3) is 4.91. The minimum Gasteiger partial charge on any atom is -0.373 e. The molecule has 0 bridgehead atoms. The molecule has 0 radical (unpaired) electrons. The number of morpholine rings is 1. The number of piperazine rings is 1. The Labute approximate surface area is 195 Å². The van der Waals surface area contributed by atoms with E-state index in [0.717, 1.165) is 28.3 Å². The minimum atomic E-state index is -3.55. The summed E-state index contributed by atoms with van der Waals surface area (Å²) in [7, 11) is -3.55. The molecule has 1 amide bonds. The molecule has 2 atom stereocenters. The molecular formula is C22H34N6O4S.